The van der Waals surface area contributed by atoms with E-state index < -0.39 is 30.0 Å². The summed E-state index contributed by atoms with van der Waals surface area (Å²) in [6.45, 7) is 4.13. The zero-order valence-corrected chi connectivity index (χ0v) is 18.7. The second-order valence-electron chi connectivity index (χ2n) is 8.07. The van der Waals surface area contributed by atoms with Crippen molar-refractivity contribution in [3.8, 4) is 28.4 Å². The van der Waals surface area contributed by atoms with Crippen LogP contribution in [0.5, 0.6) is 5.88 Å². The Morgan fingerprint density at radius 2 is 1.91 bits per heavy atom. The molecule has 0 saturated heterocycles. The summed E-state index contributed by atoms with van der Waals surface area (Å²) in [6.07, 6.45) is -2.40. The predicted octanol–water partition coefficient (Wildman–Crippen LogP) is 5.03. The number of carboxylic acids is 1. The van der Waals surface area contributed by atoms with Gasteiger partial charge in [-0.05, 0) is 44.0 Å². The Morgan fingerprint density at radius 1 is 1.21 bits per heavy atom. The Bertz CT molecular complexity index is 1190. The molecule has 0 bridgehead atoms. The fourth-order valence-electron chi connectivity index (χ4n) is 2.97. The lowest BCUT2D eigenvalue weighted by atomic mass is 9.95. The van der Waals surface area contributed by atoms with Crippen LogP contribution in [0.1, 0.15) is 25.1 Å². The van der Waals surface area contributed by atoms with Crippen molar-refractivity contribution in [2.24, 2.45) is 5.41 Å². The summed E-state index contributed by atoms with van der Waals surface area (Å²) in [5, 5.41) is 18.8. The Labute approximate surface area is 192 Å². The van der Waals surface area contributed by atoms with Crippen LogP contribution in [0.25, 0.3) is 22.5 Å². The van der Waals surface area contributed by atoms with Gasteiger partial charge < -0.3 is 19.5 Å². The van der Waals surface area contributed by atoms with Gasteiger partial charge in [0.1, 0.15) is 19.2 Å². The molecular formula is C22H21ClF3N3O4. The number of aliphatic carboxylic acids is 1. The molecule has 0 aliphatic rings. The summed E-state index contributed by atoms with van der Waals surface area (Å²) >= 11 is 6.36. The number of aromatic nitrogens is 3. The summed E-state index contributed by atoms with van der Waals surface area (Å²) in [5.74, 6) is -0.839. The number of aryl methyl sites for hydroxylation is 1. The van der Waals surface area contributed by atoms with Crippen LogP contribution in [-0.2, 0) is 17.7 Å². The number of halogens is 4. The predicted molar refractivity (Wildman–Crippen MR) is 115 cm³/mol. The van der Waals surface area contributed by atoms with Crippen molar-refractivity contribution in [2.75, 3.05) is 6.61 Å². The molecule has 0 fully saturated rings. The third kappa shape index (κ3) is 5.28. The number of rotatable bonds is 7. The van der Waals surface area contributed by atoms with Crippen molar-refractivity contribution < 1.29 is 32.9 Å². The van der Waals surface area contributed by atoms with Gasteiger partial charge in [0.25, 0.3) is 0 Å². The topological polar surface area (TPSA) is 97.5 Å². The SMILES string of the molecule is Cc1cc(OCC(C)(C)C(=O)O)ncc1-c1ccc(-c2nc(C(F)(F)F)cn2CO)c(Cl)c1. The van der Waals surface area contributed by atoms with Crippen LogP contribution in [-0.4, -0.2) is 37.3 Å². The van der Waals surface area contributed by atoms with Crippen LogP contribution in [0.15, 0.2) is 36.7 Å². The number of hydrogen-bond acceptors (Lipinski definition) is 5. The third-order valence-corrected chi connectivity index (χ3v) is 5.30. The van der Waals surface area contributed by atoms with Gasteiger partial charge in [-0.2, -0.15) is 13.2 Å². The number of carbonyl (C=O) groups is 1. The van der Waals surface area contributed by atoms with Gasteiger partial charge in [0.15, 0.2) is 5.69 Å². The summed E-state index contributed by atoms with van der Waals surface area (Å²) in [6, 6.07) is 6.40. The van der Waals surface area contributed by atoms with E-state index in [4.69, 9.17) is 16.3 Å². The zero-order chi connectivity index (χ0) is 24.6. The number of benzene rings is 1. The first-order valence-electron chi connectivity index (χ1n) is 9.72. The van der Waals surface area contributed by atoms with Crippen LogP contribution >= 0.6 is 11.6 Å². The molecule has 2 heterocycles. The molecule has 33 heavy (non-hydrogen) atoms. The van der Waals surface area contributed by atoms with E-state index in [1.165, 1.54) is 6.07 Å². The average Bonchev–Trinajstić information content (AvgIpc) is 3.17. The quantitative estimate of drug-likeness (QED) is 0.489. The molecule has 0 radical (unpaired) electrons. The van der Waals surface area contributed by atoms with Crippen LogP contribution in [0.4, 0.5) is 13.2 Å². The van der Waals surface area contributed by atoms with Crippen LogP contribution in [0.3, 0.4) is 0 Å². The number of imidazole rings is 1. The second-order valence-corrected chi connectivity index (χ2v) is 8.48. The zero-order valence-electron chi connectivity index (χ0n) is 17.9. The van der Waals surface area contributed by atoms with E-state index in [-0.39, 0.29) is 28.9 Å². The van der Waals surface area contributed by atoms with Gasteiger partial charge in [-0.15, -0.1) is 0 Å². The number of pyridine rings is 1. The molecular weight excluding hydrogens is 463 g/mol. The molecule has 0 aliphatic carbocycles. The van der Waals surface area contributed by atoms with E-state index in [2.05, 4.69) is 9.97 Å². The lowest BCUT2D eigenvalue weighted by Gasteiger charge is -2.19. The first-order chi connectivity index (χ1) is 15.3. The van der Waals surface area contributed by atoms with Gasteiger partial charge in [0.05, 0.1) is 10.4 Å². The first kappa shape index (κ1) is 24.5. The molecule has 0 atom stereocenters. The number of ether oxygens (including phenoxy) is 1. The summed E-state index contributed by atoms with van der Waals surface area (Å²) in [5.41, 5.74) is 0.149. The molecule has 2 N–H and O–H groups in total. The normalized spacial score (nSPS) is 12.1. The molecule has 0 aliphatic heterocycles. The van der Waals surface area contributed by atoms with Crippen LogP contribution in [0.2, 0.25) is 5.02 Å². The molecule has 0 amide bonds. The minimum Gasteiger partial charge on any atom is -0.481 e. The Balaban J connectivity index is 1.89. The Morgan fingerprint density at radius 3 is 2.45 bits per heavy atom. The van der Waals surface area contributed by atoms with Gasteiger partial charge in [0, 0.05) is 29.6 Å². The Hall–Kier alpha value is -3.11. The van der Waals surface area contributed by atoms with Crippen molar-refractivity contribution in [3.05, 3.63) is 52.9 Å². The van der Waals surface area contributed by atoms with Crippen LogP contribution < -0.4 is 4.74 Å². The number of nitrogens with zero attached hydrogens (tertiary/aromatic N) is 3. The number of aliphatic hydroxyl groups is 1. The summed E-state index contributed by atoms with van der Waals surface area (Å²) in [7, 11) is 0. The third-order valence-electron chi connectivity index (χ3n) is 4.99. The number of carboxylic acid groups (broad SMARTS) is 1. The molecule has 0 unspecified atom stereocenters. The van der Waals surface area contributed by atoms with Crippen molar-refractivity contribution in [1.29, 1.82) is 0 Å². The van der Waals surface area contributed by atoms with Crippen molar-refractivity contribution in [1.82, 2.24) is 14.5 Å². The molecule has 0 spiro atoms. The van der Waals surface area contributed by atoms with Gasteiger partial charge in [0.2, 0.25) is 5.88 Å². The molecule has 3 rings (SSSR count). The lowest BCUT2D eigenvalue weighted by Crippen LogP contribution is -2.30. The number of alkyl halides is 3. The van der Waals surface area contributed by atoms with Gasteiger partial charge >= 0.3 is 12.1 Å². The molecule has 7 nitrogen and oxygen atoms in total. The fourth-order valence-corrected chi connectivity index (χ4v) is 3.23. The van der Waals surface area contributed by atoms with Crippen molar-refractivity contribution in [2.45, 2.75) is 33.7 Å². The number of aliphatic hydroxyl groups excluding tert-OH is 1. The smallest absolute Gasteiger partial charge is 0.434 e. The lowest BCUT2D eigenvalue weighted by molar-refractivity contribution is -0.148. The first-order valence-corrected chi connectivity index (χ1v) is 10.1. The van der Waals surface area contributed by atoms with E-state index in [1.807, 2.05) is 6.92 Å². The van der Waals surface area contributed by atoms with Gasteiger partial charge in [-0.25, -0.2) is 9.97 Å². The Kier molecular flexibility index (Phi) is 6.71. The molecule has 176 valence electrons. The maximum Gasteiger partial charge on any atom is 0.434 e. The standard InChI is InChI=1S/C22H21ClF3N3O4/c1-12-6-18(33-10-21(2,3)20(31)32)27-8-15(12)13-4-5-14(16(23)7-13)19-28-17(22(24,25)26)9-29(19)11-30/h4-9,30H,10-11H2,1-3H3,(H,31,32). The van der Waals surface area contributed by atoms with Gasteiger partial charge in [-0.3, -0.25) is 4.79 Å². The second kappa shape index (κ2) is 9.03. The molecule has 0 saturated carbocycles. The van der Waals surface area contributed by atoms with Gasteiger partial charge in [-0.1, -0.05) is 17.7 Å². The largest absolute Gasteiger partial charge is 0.481 e. The fraction of sp³-hybridized carbons (Fsp3) is 0.318. The van der Waals surface area contributed by atoms with Crippen molar-refractivity contribution in [3.63, 3.8) is 0 Å². The summed E-state index contributed by atoms with van der Waals surface area (Å²) < 4.78 is 45.5. The highest BCUT2D eigenvalue weighted by Gasteiger charge is 2.35. The molecule has 3 aromatic rings. The molecule has 11 heteroatoms. The molecule has 1 aromatic carbocycles. The van der Waals surface area contributed by atoms with E-state index in [0.29, 0.717) is 11.1 Å². The molecule has 2 aromatic heterocycles. The minimum atomic E-state index is -4.66. The highest BCUT2D eigenvalue weighted by Crippen LogP contribution is 2.36. The maximum atomic E-state index is 13.0. The highest BCUT2D eigenvalue weighted by molar-refractivity contribution is 6.33. The summed E-state index contributed by atoms with van der Waals surface area (Å²) in [4.78, 5) is 19.0. The van der Waals surface area contributed by atoms with Crippen LogP contribution in [0, 0.1) is 12.3 Å². The minimum absolute atomic E-state index is 0.0634. The van der Waals surface area contributed by atoms with E-state index >= 15 is 0 Å². The highest BCUT2D eigenvalue weighted by atomic mass is 35.5. The average molecular weight is 484 g/mol. The monoisotopic (exact) mass is 483 g/mol. The maximum absolute atomic E-state index is 13.0. The van der Waals surface area contributed by atoms with E-state index in [9.17, 15) is 28.2 Å². The van der Waals surface area contributed by atoms with Crippen molar-refractivity contribution >= 4 is 17.6 Å². The van der Waals surface area contributed by atoms with E-state index in [1.54, 1.807) is 38.2 Å². The number of hydrogen-bond donors (Lipinski definition) is 2. The van der Waals surface area contributed by atoms with E-state index in [0.717, 1.165) is 16.3 Å².